The summed E-state index contributed by atoms with van der Waals surface area (Å²) >= 11 is 0. The van der Waals surface area contributed by atoms with E-state index in [0.29, 0.717) is 5.56 Å². The van der Waals surface area contributed by atoms with Crippen molar-refractivity contribution in [2.75, 3.05) is 6.61 Å². The monoisotopic (exact) mass is 291 g/mol. The molecular weight excluding hydrogens is 281 g/mol. The van der Waals surface area contributed by atoms with Crippen LogP contribution >= 0.6 is 0 Å². The molecule has 0 spiro atoms. The molecule has 21 heavy (non-hydrogen) atoms. The molecule has 2 aromatic rings. The maximum Gasteiger partial charge on any atom is 0.341 e. The quantitative estimate of drug-likeness (QED) is 0.675. The average Bonchev–Trinajstić information content (AvgIpc) is 2.44. The molecule has 7 heteroatoms. The van der Waals surface area contributed by atoms with Gasteiger partial charge in [0, 0.05) is 17.7 Å². The molecule has 0 aromatic heterocycles. The third kappa shape index (κ3) is 3.53. The van der Waals surface area contributed by atoms with Crippen molar-refractivity contribution in [2.24, 2.45) is 0 Å². The van der Waals surface area contributed by atoms with E-state index in [0.717, 1.165) is 0 Å². The summed E-state index contributed by atoms with van der Waals surface area (Å²) in [6.45, 7) is -0.597. The van der Waals surface area contributed by atoms with Crippen LogP contribution in [0, 0.1) is 15.9 Å². The van der Waals surface area contributed by atoms with Crippen LogP contribution in [0.5, 0.6) is 5.75 Å². The van der Waals surface area contributed by atoms with Crippen molar-refractivity contribution >= 4 is 11.7 Å². The van der Waals surface area contributed by atoms with E-state index in [2.05, 4.69) is 0 Å². The lowest BCUT2D eigenvalue weighted by atomic mass is 10.0. The number of rotatable bonds is 5. The number of halogens is 1. The second-order valence-corrected chi connectivity index (χ2v) is 4.13. The van der Waals surface area contributed by atoms with Crippen molar-refractivity contribution in [3.63, 3.8) is 0 Å². The second kappa shape index (κ2) is 6.00. The predicted molar refractivity (Wildman–Crippen MR) is 71.6 cm³/mol. The number of benzene rings is 2. The van der Waals surface area contributed by atoms with Crippen LogP contribution < -0.4 is 4.74 Å². The zero-order valence-corrected chi connectivity index (χ0v) is 10.7. The lowest BCUT2D eigenvalue weighted by molar-refractivity contribution is -0.384. The minimum Gasteiger partial charge on any atom is -0.481 e. The van der Waals surface area contributed by atoms with Crippen molar-refractivity contribution in [3.05, 3.63) is 58.4 Å². The molecule has 2 aromatic carbocycles. The van der Waals surface area contributed by atoms with Gasteiger partial charge in [-0.1, -0.05) is 12.1 Å². The maximum absolute atomic E-state index is 13.3. The van der Waals surface area contributed by atoms with E-state index in [1.54, 1.807) is 6.07 Å². The maximum atomic E-state index is 13.3. The molecule has 0 saturated heterocycles. The van der Waals surface area contributed by atoms with E-state index in [4.69, 9.17) is 9.84 Å². The lowest BCUT2D eigenvalue weighted by Gasteiger charge is -2.10. The number of non-ortho nitro benzene ring substituents is 1. The summed E-state index contributed by atoms with van der Waals surface area (Å²) in [6, 6.07) is 9.12. The van der Waals surface area contributed by atoms with Crippen molar-refractivity contribution in [1.82, 2.24) is 0 Å². The largest absolute Gasteiger partial charge is 0.481 e. The first-order valence-electron chi connectivity index (χ1n) is 5.86. The summed E-state index contributed by atoms with van der Waals surface area (Å²) < 4.78 is 18.4. The first kappa shape index (κ1) is 14.4. The Labute approximate surface area is 118 Å². The van der Waals surface area contributed by atoms with Crippen LogP contribution in [0.25, 0.3) is 11.1 Å². The standard InChI is InChI=1S/C14H10FNO5/c15-10-3-1-2-9(6-10)12-7-11(16(19)20)4-5-13(12)21-8-14(17)18/h1-7H,8H2,(H,17,18). The van der Waals surface area contributed by atoms with E-state index in [1.165, 1.54) is 36.4 Å². The highest BCUT2D eigenvalue weighted by Crippen LogP contribution is 2.33. The van der Waals surface area contributed by atoms with E-state index in [9.17, 15) is 19.3 Å². The van der Waals surface area contributed by atoms with Crippen molar-refractivity contribution < 1.29 is 24.0 Å². The van der Waals surface area contributed by atoms with Gasteiger partial charge in [-0.25, -0.2) is 9.18 Å². The molecule has 0 heterocycles. The van der Waals surface area contributed by atoms with Crippen LogP contribution in [-0.4, -0.2) is 22.6 Å². The van der Waals surface area contributed by atoms with Crippen LogP contribution in [0.15, 0.2) is 42.5 Å². The van der Waals surface area contributed by atoms with Gasteiger partial charge in [-0.2, -0.15) is 0 Å². The topological polar surface area (TPSA) is 89.7 Å². The van der Waals surface area contributed by atoms with Crippen LogP contribution in [0.2, 0.25) is 0 Å². The number of hydrogen-bond acceptors (Lipinski definition) is 4. The molecule has 108 valence electrons. The Morgan fingerprint density at radius 1 is 1.29 bits per heavy atom. The molecule has 0 aliphatic heterocycles. The summed E-state index contributed by atoms with van der Waals surface area (Å²) in [6.07, 6.45) is 0. The highest BCUT2D eigenvalue weighted by atomic mass is 19.1. The summed E-state index contributed by atoms with van der Waals surface area (Å²) in [5.41, 5.74) is 0.418. The minimum atomic E-state index is -1.18. The Kier molecular flexibility index (Phi) is 4.13. The number of nitro benzene ring substituents is 1. The minimum absolute atomic E-state index is 0.133. The number of aliphatic carboxylic acids is 1. The molecule has 0 fully saturated rings. The Morgan fingerprint density at radius 2 is 2.05 bits per heavy atom. The van der Waals surface area contributed by atoms with Crippen LogP contribution in [0.4, 0.5) is 10.1 Å². The number of carbonyl (C=O) groups is 1. The molecule has 0 aliphatic rings. The zero-order valence-electron chi connectivity index (χ0n) is 10.7. The third-order valence-electron chi connectivity index (χ3n) is 2.66. The normalized spacial score (nSPS) is 10.1. The van der Waals surface area contributed by atoms with Gasteiger partial charge < -0.3 is 9.84 Å². The Hall–Kier alpha value is -2.96. The molecule has 0 unspecified atom stereocenters. The summed E-state index contributed by atoms with van der Waals surface area (Å²) in [7, 11) is 0. The van der Waals surface area contributed by atoms with Gasteiger partial charge in [-0.15, -0.1) is 0 Å². The Morgan fingerprint density at radius 3 is 2.67 bits per heavy atom. The van der Waals surface area contributed by atoms with E-state index in [-0.39, 0.29) is 17.0 Å². The summed E-state index contributed by atoms with van der Waals surface area (Å²) in [5, 5.41) is 19.5. The third-order valence-corrected chi connectivity index (χ3v) is 2.66. The van der Waals surface area contributed by atoms with Crippen molar-refractivity contribution in [1.29, 1.82) is 0 Å². The molecule has 1 N–H and O–H groups in total. The highest BCUT2D eigenvalue weighted by molar-refractivity contribution is 5.74. The van der Waals surface area contributed by atoms with Crippen molar-refractivity contribution in [2.45, 2.75) is 0 Å². The molecule has 0 aliphatic carbocycles. The van der Waals surface area contributed by atoms with E-state index < -0.39 is 23.3 Å². The van der Waals surface area contributed by atoms with Gasteiger partial charge >= 0.3 is 5.97 Å². The van der Waals surface area contributed by atoms with Gasteiger partial charge in [0.2, 0.25) is 0 Å². The molecular formula is C14H10FNO5. The van der Waals surface area contributed by atoms with Crippen LogP contribution in [-0.2, 0) is 4.79 Å². The van der Waals surface area contributed by atoms with Gasteiger partial charge in [0.15, 0.2) is 6.61 Å². The fraction of sp³-hybridized carbons (Fsp3) is 0.0714. The Bertz CT molecular complexity index is 702. The second-order valence-electron chi connectivity index (χ2n) is 4.13. The first-order chi connectivity index (χ1) is 9.97. The predicted octanol–water partition coefficient (Wildman–Crippen LogP) is 2.86. The molecule has 6 nitrogen and oxygen atoms in total. The average molecular weight is 291 g/mol. The highest BCUT2D eigenvalue weighted by Gasteiger charge is 2.14. The van der Waals surface area contributed by atoms with E-state index in [1.807, 2.05) is 0 Å². The van der Waals surface area contributed by atoms with Crippen molar-refractivity contribution in [3.8, 4) is 16.9 Å². The number of nitrogens with zero attached hydrogens (tertiary/aromatic N) is 1. The number of carboxylic acids is 1. The molecule has 0 bridgehead atoms. The SMILES string of the molecule is O=C(O)COc1ccc([N+](=O)[O-])cc1-c1cccc(F)c1. The van der Waals surface area contributed by atoms with Crippen LogP contribution in [0.1, 0.15) is 0 Å². The molecule has 0 amide bonds. The van der Waals surface area contributed by atoms with Gasteiger partial charge in [-0.05, 0) is 23.8 Å². The first-order valence-corrected chi connectivity index (χ1v) is 5.86. The Balaban J connectivity index is 2.50. The lowest BCUT2D eigenvalue weighted by Crippen LogP contribution is -2.10. The number of hydrogen-bond donors (Lipinski definition) is 1. The summed E-state index contributed by atoms with van der Waals surface area (Å²) in [5.74, 6) is -1.56. The van der Waals surface area contributed by atoms with Gasteiger partial charge in [0.25, 0.3) is 5.69 Å². The van der Waals surface area contributed by atoms with Crippen LogP contribution in [0.3, 0.4) is 0 Å². The van der Waals surface area contributed by atoms with Gasteiger partial charge in [0.05, 0.1) is 4.92 Å². The molecule has 0 saturated carbocycles. The molecule has 0 radical (unpaired) electrons. The number of ether oxygens (including phenoxy) is 1. The number of carboxylic acid groups (broad SMARTS) is 1. The fourth-order valence-electron chi connectivity index (χ4n) is 1.78. The fourth-order valence-corrected chi connectivity index (χ4v) is 1.78. The summed E-state index contributed by atoms with van der Waals surface area (Å²) in [4.78, 5) is 20.8. The van der Waals surface area contributed by atoms with E-state index >= 15 is 0 Å². The van der Waals surface area contributed by atoms with Gasteiger partial charge in [-0.3, -0.25) is 10.1 Å². The molecule has 0 atom stereocenters. The molecule has 2 rings (SSSR count). The zero-order chi connectivity index (χ0) is 15.4. The van der Waals surface area contributed by atoms with Gasteiger partial charge in [0.1, 0.15) is 11.6 Å². The smallest absolute Gasteiger partial charge is 0.341 e. The number of nitro groups is 1.